The van der Waals surface area contributed by atoms with Gasteiger partial charge in [0.15, 0.2) is 0 Å². The quantitative estimate of drug-likeness (QED) is 0.906. The Balaban J connectivity index is 1.92. The van der Waals surface area contributed by atoms with E-state index in [2.05, 4.69) is 22.5 Å². The molecule has 1 aliphatic heterocycles. The minimum absolute atomic E-state index is 0.0413. The Labute approximate surface area is 132 Å². The molecule has 112 valence electrons. The van der Waals surface area contributed by atoms with E-state index < -0.39 is 0 Å². The van der Waals surface area contributed by atoms with E-state index in [9.17, 15) is 4.79 Å². The zero-order chi connectivity index (χ0) is 14.9. The van der Waals surface area contributed by atoms with Crippen molar-refractivity contribution in [2.75, 3.05) is 18.4 Å². The zero-order valence-corrected chi connectivity index (χ0v) is 13.5. The number of nitrogens with one attached hydrogen (secondary N) is 2. The number of aromatic nitrogens is 1. The van der Waals surface area contributed by atoms with Crippen molar-refractivity contribution in [1.29, 1.82) is 0 Å². The van der Waals surface area contributed by atoms with Crippen LogP contribution in [0.15, 0.2) is 17.6 Å². The summed E-state index contributed by atoms with van der Waals surface area (Å²) in [6.07, 6.45) is 2.75. The van der Waals surface area contributed by atoms with E-state index in [-0.39, 0.29) is 11.3 Å². The molecule has 6 heteroatoms. The molecule has 0 radical (unpaired) electrons. The third-order valence-electron chi connectivity index (χ3n) is 4.32. The summed E-state index contributed by atoms with van der Waals surface area (Å²) in [6, 6.07) is 3.75. The van der Waals surface area contributed by atoms with Gasteiger partial charge in [-0.05, 0) is 37.9 Å². The molecule has 3 rings (SSSR count). The van der Waals surface area contributed by atoms with Gasteiger partial charge in [-0.1, -0.05) is 18.5 Å². The van der Waals surface area contributed by atoms with Gasteiger partial charge in [-0.3, -0.25) is 4.79 Å². The van der Waals surface area contributed by atoms with Gasteiger partial charge in [0.2, 0.25) is 5.91 Å². The number of hydrogen-bond donors (Lipinski definition) is 2. The number of rotatable bonds is 3. The first-order valence-corrected chi connectivity index (χ1v) is 8.46. The van der Waals surface area contributed by atoms with Crippen molar-refractivity contribution >= 4 is 44.7 Å². The van der Waals surface area contributed by atoms with Crippen LogP contribution in [0.3, 0.4) is 0 Å². The molecule has 1 atom stereocenters. The number of fused-ring (bicyclic) bond motifs is 1. The fraction of sp³-hybridized carbons (Fsp3) is 0.467. The molecule has 1 saturated heterocycles. The molecule has 1 aromatic carbocycles. The van der Waals surface area contributed by atoms with Crippen LogP contribution in [0.1, 0.15) is 26.2 Å². The predicted molar refractivity (Wildman–Crippen MR) is 88.1 cm³/mol. The molecular formula is C15H18ClN3OS. The first-order chi connectivity index (χ1) is 10.2. The average molecular weight is 324 g/mol. The molecule has 2 N–H and O–H groups in total. The Morgan fingerprint density at radius 2 is 2.43 bits per heavy atom. The van der Waals surface area contributed by atoms with Gasteiger partial charge in [-0.15, -0.1) is 11.3 Å². The van der Waals surface area contributed by atoms with E-state index in [0.29, 0.717) is 10.7 Å². The Bertz CT molecular complexity index is 664. The summed E-state index contributed by atoms with van der Waals surface area (Å²) in [5.41, 5.74) is 2.84. The summed E-state index contributed by atoms with van der Waals surface area (Å²) in [5.74, 6) is 0.0413. The molecule has 1 unspecified atom stereocenters. The summed E-state index contributed by atoms with van der Waals surface area (Å²) in [4.78, 5) is 17.1. The van der Waals surface area contributed by atoms with E-state index in [1.54, 1.807) is 16.8 Å². The van der Waals surface area contributed by atoms with Gasteiger partial charge in [0.25, 0.3) is 0 Å². The molecule has 1 aromatic heterocycles. The summed E-state index contributed by atoms with van der Waals surface area (Å²) < 4.78 is 1.03. The molecule has 1 aliphatic rings. The van der Waals surface area contributed by atoms with Crippen LogP contribution in [-0.4, -0.2) is 24.0 Å². The number of thiazole rings is 1. The lowest BCUT2D eigenvalue weighted by molar-refractivity contribution is -0.126. The van der Waals surface area contributed by atoms with Crippen molar-refractivity contribution in [2.24, 2.45) is 5.41 Å². The van der Waals surface area contributed by atoms with Crippen molar-refractivity contribution in [2.45, 2.75) is 26.2 Å². The Hall–Kier alpha value is -1.17. The highest BCUT2D eigenvalue weighted by atomic mass is 35.5. The number of carbonyl (C=O) groups excluding carboxylic acids is 1. The smallest absolute Gasteiger partial charge is 0.231 e. The lowest BCUT2D eigenvalue weighted by atomic mass is 9.77. The first-order valence-electron chi connectivity index (χ1n) is 7.20. The molecule has 1 amide bonds. The number of benzene rings is 1. The van der Waals surface area contributed by atoms with Crippen LogP contribution < -0.4 is 10.6 Å². The van der Waals surface area contributed by atoms with Crippen LogP contribution >= 0.6 is 22.9 Å². The van der Waals surface area contributed by atoms with E-state index in [0.717, 1.165) is 42.6 Å². The van der Waals surface area contributed by atoms with Gasteiger partial charge in [-0.2, -0.15) is 0 Å². The topological polar surface area (TPSA) is 54.0 Å². The van der Waals surface area contributed by atoms with Crippen LogP contribution in [0.4, 0.5) is 5.69 Å². The molecular weight excluding hydrogens is 306 g/mol. The molecule has 0 saturated carbocycles. The summed E-state index contributed by atoms with van der Waals surface area (Å²) in [5, 5.41) is 6.91. The van der Waals surface area contributed by atoms with Crippen molar-refractivity contribution in [3.8, 4) is 0 Å². The van der Waals surface area contributed by atoms with Crippen LogP contribution in [0.25, 0.3) is 10.2 Å². The molecule has 0 spiro atoms. The Morgan fingerprint density at radius 3 is 3.14 bits per heavy atom. The molecule has 2 aromatic rings. The third-order valence-corrected chi connectivity index (χ3v) is 5.43. The second-order valence-corrected chi connectivity index (χ2v) is 6.78. The van der Waals surface area contributed by atoms with Crippen molar-refractivity contribution in [1.82, 2.24) is 10.3 Å². The predicted octanol–water partition coefficient (Wildman–Crippen LogP) is 3.67. The van der Waals surface area contributed by atoms with Crippen molar-refractivity contribution < 1.29 is 4.79 Å². The summed E-state index contributed by atoms with van der Waals surface area (Å²) >= 11 is 7.81. The third kappa shape index (κ3) is 2.65. The highest BCUT2D eigenvalue weighted by molar-refractivity contribution is 7.16. The van der Waals surface area contributed by atoms with E-state index in [1.807, 2.05) is 12.1 Å². The van der Waals surface area contributed by atoms with Crippen LogP contribution in [0.5, 0.6) is 0 Å². The van der Waals surface area contributed by atoms with Crippen LogP contribution in [0, 0.1) is 5.41 Å². The highest BCUT2D eigenvalue weighted by Crippen LogP contribution is 2.36. The highest BCUT2D eigenvalue weighted by Gasteiger charge is 2.38. The van der Waals surface area contributed by atoms with Gasteiger partial charge >= 0.3 is 0 Å². The second kappa shape index (κ2) is 5.91. The number of amides is 1. The van der Waals surface area contributed by atoms with Crippen molar-refractivity contribution in [3.05, 3.63) is 22.7 Å². The largest absolute Gasteiger partial charge is 0.322 e. The number of hydrogen-bond acceptors (Lipinski definition) is 4. The van der Waals surface area contributed by atoms with Gasteiger partial charge in [0, 0.05) is 6.54 Å². The number of nitrogens with zero attached hydrogens (tertiary/aromatic N) is 1. The maximum absolute atomic E-state index is 12.8. The fourth-order valence-corrected chi connectivity index (χ4v) is 3.78. The number of piperidine rings is 1. The minimum Gasteiger partial charge on any atom is -0.322 e. The van der Waals surface area contributed by atoms with Crippen LogP contribution in [0.2, 0.25) is 5.02 Å². The van der Waals surface area contributed by atoms with Crippen LogP contribution in [-0.2, 0) is 4.79 Å². The fourth-order valence-electron chi connectivity index (χ4n) is 2.90. The number of halogens is 1. The molecule has 2 heterocycles. The minimum atomic E-state index is -0.347. The van der Waals surface area contributed by atoms with Crippen molar-refractivity contribution in [3.63, 3.8) is 0 Å². The van der Waals surface area contributed by atoms with Gasteiger partial charge in [0.1, 0.15) is 5.52 Å². The Morgan fingerprint density at radius 1 is 1.57 bits per heavy atom. The SMILES string of the molecule is CCC1(C(=O)Nc2c(Cl)ccc3scnc23)CCCNC1. The molecule has 0 aliphatic carbocycles. The molecule has 1 fully saturated rings. The van der Waals surface area contributed by atoms with Gasteiger partial charge in [-0.25, -0.2) is 4.98 Å². The van der Waals surface area contributed by atoms with E-state index in [4.69, 9.17) is 11.6 Å². The van der Waals surface area contributed by atoms with Gasteiger partial charge < -0.3 is 10.6 Å². The zero-order valence-electron chi connectivity index (χ0n) is 11.9. The average Bonchev–Trinajstić information content (AvgIpc) is 2.99. The maximum Gasteiger partial charge on any atom is 0.231 e. The number of anilines is 1. The number of carbonyl (C=O) groups is 1. The maximum atomic E-state index is 12.8. The summed E-state index contributed by atoms with van der Waals surface area (Å²) in [7, 11) is 0. The van der Waals surface area contributed by atoms with Gasteiger partial charge in [0.05, 0.1) is 26.3 Å². The second-order valence-electron chi connectivity index (χ2n) is 5.49. The normalized spacial score (nSPS) is 22.4. The lowest BCUT2D eigenvalue weighted by Gasteiger charge is -2.35. The Kier molecular flexibility index (Phi) is 4.15. The monoisotopic (exact) mass is 323 g/mol. The van der Waals surface area contributed by atoms with E-state index >= 15 is 0 Å². The molecule has 0 bridgehead atoms. The molecule has 4 nitrogen and oxygen atoms in total. The molecule has 21 heavy (non-hydrogen) atoms. The van der Waals surface area contributed by atoms with E-state index in [1.165, 1.54) is 0 Å². The summed E-state index contributed by atoms with van der Waals surface area (Å²) in [6.45, 7) is 3.77. The lowest BCUT2D eigenvalue weighted by Crippen LogP contribution is -2.47. The first kappa shape index (κ1) is 14.8. The standard InChI is InChI=1S/C15H18ClN3OS/c1-2-15(6-3-7-17-8-15)14(20)19-12-10(16)4-5-11-13(12)18-9-21-11/h4-5,9,17H,2-3,6-8H2,1H3,(H,19,20).